The Kier molecular flexibility index (Phi) is 13.9. The van der Waals surface area contributed by atoms with Crippen LogP contribution in [0.1, 0.15) is 109 Å². The number of rotatable bonds is 20. The minimum atomic E-state index is -1.25. The number of hydrogen-bond donors (Lipinski definition) is 2. The average Bonchev–Trinajstić information content (AvgIpc) is 3.69. The van der Waals surface area contributed by atoms with Gasteiger partial charge in [0.2, 0.25) is 5.91 Å². The van der Waals surface area contributed by atoms with Gasteiger partial charge in [-0.1, -0.05) is 101 Å². The highest BCUT2D eigenvalue weighted by Crippen LogP contribution is 2.28. The zero-order valence-electron chi connectivity index (χ0n) is 21.4. The van der Waals surface area contributed by atoms with Crippen molar-refractivity contribution in [3.05, 3.63) is 48.0 Å². The summed E-state index contributed by atoms with van der Waals surface area (Å²) >= 11 is 0. The molecule has 0 aromatic heterocycles. The van der Waals surface area contributed by atoms with Crippen LogP contribution in [0.15, 0.2) is 42.5 Å². The summed E-state index contributed by atoms with van der Waals surface area (Å²) in [6, 6.07) is 9.74. The maximum Gasteiger partial charge on any atom is 0.223 e. The van der Waals surface area contributed by atoms with Gasteiger partial charge in [-0.05, 0) is 44.1 Å². The third-order valence-corrected chi connectivity index (χ3v) is 6.84. The monoisotopic (exact) mass is 469 g/mol. The zero-order valence-corrected chi connectivity index (χ0v) is 21.4. The molecule has 1 atom stereocenters. The van der Waals surface area contributed by atoms with E-state index >= 15 is 0 Å². The predicted molar refractivity (Wildman–Crippen MR) is 141 cm³/mol. The van der Waals surface area contributed by atoms with Crippen LogP contribution in [-0.2, 0) is 16.0 Å². The summed E-state index contributed by atoms with van der Waals surface area (Å²) in [6.45, 7) is 2.99. The molecule has 0 unspecified atom stereocenters. The number of aliphatic hydroxyl groups is 1. The van der Waals surface area contributed by atoms with Gasteiger partial charge in [-0.3, -0.25) is 9.59 Å². The van der Waals surface area contributed by atoms with Crippen LogP contribution < -0.4 is 5.32 Å². The van der Waals surface area contributed by atoms with Gasteiger partial charge in [0, 0.05) is 25.3 Å². The van der Waals surface area contributed by atoms with Crippen molar-refractivity contribution in [2.75, 3.05) is 6.54 Å². The van der Waals surface area contributed by atoms with Crippen LogP contribution in [0.3, 0.4) is 0 Å². The van der Waals surface area contributed by atoms with E-state index in [0.29, 0.717) is 25.2 Å². The molecule has 0 heterocycles. The van der Waals surface area contributed by atoms with E-state index < -0.39 is 5.60 Å². The standard InChI is InChI=1S/C30H47NO3/c1-2-3-4-15-22-30(34,28(32)25-26-18-13-12-14-19-26)23-16-10-8-6-5-7-9-11-17-24-31-29(33)27-20-21-27/h10,12-14,16,18-19,27,34H,2-9,11,15,17,20-25H2,1H3,(H,31,33)/t30-/m1/s1. The summed E-state index contributed by atoms with van der Waals surface area (Å²) in [5.74, 6) is 0.502. The van der Waals surface area contributed by atoms with Crippen LogP contribution in [0.4, 0.5) is 0 Å². The van der Waals surface area contributed by atoms with Crippen molar-refractivity contribution in [2.45, 2.75) is 115 Å². The molecule has 1 aliphatic carbocycles. The Morgan fingerprint density at radius 3 is 2.32 bits per heavy atom. The summed E-state index contributed by atoms with van der Waals surface area (Å²) in [7, 11) is 0. The van der Waals surface area contributed by atoms with E-state index in [1.165, 1.54) is 25.7 Å². The molecule has 34 heavy (non-hydrogen) atoms. The number of carbonyl (C=O) groups excluding carboxylic acids is 2. The first kappa shape index (κ1) is 28.3. The maximum atomic E-state index is 13.0. The van der Waals surface area contributed by atoms with Gasteiger partial charge in [0.1, 0.15) is 5.60 Å². The Labute approximate surface area is 207 Å². The molecule has 1 aliphatic rings. The van der Waals surface area contributed by atoms with Crippen LogP contribution >= 0.6 is 0 Å². The molecule has 0 radical (unpaired) electrons. The van der Waals surface area contributed by atoms with Crippen LogP contribution in [0.5, 0.6) is 0 Å². The van der Waals surface area contributed by atoms with Crippen LogP contribution in [0, 0.1) is 5.92 Å². The lowest BCUT2D eigenvalue weighted by Gasteiger charge is -2.26. The van der Waals surface area contributed by atoms with Gasteiger partial charge in [-0.15, -0.1) is 0 Å². The molecule has 190 valence electrons. The van der Waals surface area contributed by atoms with E-state index in [9.17, 15) is 14.7 Å². The fourth-order valence-electron chi connectivity index (χ4n) is 4.34. The normalized spacial score (nSPS) is 15.4. The molecule has 0 bridgehead atoms. The molecule has 2 N–H and O–H groups in total. The lowest BCUT2D eigenvalue weighted by molar-refractivity contribution is -0.137. The highest BCUT2D eigenvalue weighted by Gasteiger charge is 2.33. The molecule has 1 amide bonds. The van der Waals surface area contributed by atoms with E-state index in [0.717, 1.165) is 69.9 Å². The Balaban J connectivity index is 1.60. The van der Waals surface area contributed by atoms with Crippen molar-refractivity contribution < 1.29 is 14.7 Å². The second-order valence-electron chi connectivity index (χ2n) is 10.1. The number of Topliss-reactive ketones (excluding diaryl/α,β-unsaturated/α-hetero) is 1. The topological polar surface area (TPSA) is 66.4 Å². The maximum absolute atomic E-state index is 13.0. The number of allylic oxidation sites excluding steroid dienone is 1. The molecule has 2 rings (SSSR count). The molecular weight excluding hydrogens is 422 g/mol. The quantitative estimate of drug-likeness (QED) is 0.165. The molecule has 1 aromatic rings. The molecule has 0 spiro atoms. The zero-order chi connectivity index (χ0) is 24.5. The predicted octanol–water partition coefficient (Wildman–Crippen LogP) is 6.70. The van der Waals surface area contributed by atoms with Gasteiger partial charge in [-0.25, -0.2) is 0 Å². The van der Waals surface area contributed by atoms with Crippen LogP contribution in [0.25, 0.3) is 0 Å². The molecule has 0 aliphatic heterocycles. The van der Waals surface area contributed by atoms with Crippen molar-refractivity contribution in [3.8, 4) is 0 Å². The van der Waals surface area contributed by atoms with Gasteiger partial charge < -0.3 is 10.4 Å². The number of hydrogen-bond acceptors (Lipinski definition) is 3. The van der Waals surface area contributed by atoms with E-state index in [1.54, 1.807) is 0 Å². The van der Waals surface area contributed by atoms with E-state index in [2.05, 4.69) is 18.3 Å². The molecule has 1 aromatic carbocycles. The first-order valence-electron chi connectivity index (χ1n) is 13.8. The van der Waals surface area contributed by atoms with E-state index in [-0.39, 0.29) is 11.7 Å². The third kappa shape index (κ3) is 12.0. The van der Waals surface area contributed by atoms with Gasteiger partial charge in [0.05, 0.1) is 0 Å². The highest BCUT2D eigenvalue weighted by atomic mass is 16.3. The summed E-state index contributed by atoms with van der Waals surface area (Å²) < 4.78 is 0. The lowest BCUT2D eigenvalue weighted by Crippen LogP contribution is -2.39. The molecule has 1 fully saturated rings. The smallest absolute Gasteiger partial charge is 0.223 e. The fourth-order valence-corrected chi connectivity index (χ4v) is 4.34. The number of ketones is 1. The van der Waals surface area contributed by atoms with Crippen molar-refractivity contribution in [1.29, 1.82) is 0 Å². The Bertz CT molecular complexity index is 726. The summed E-state index contributed by atoms with van der Waals surface area (Å²) in [4.78, 5) is 24.6. The Hall–Kier alpha value is -1.94. The first-order chi connectivity index (χ1) is 16.5. The minimum Gasteiger partial charge on any atom is -0.382 e. The van der Waals surface area contributed by atoms with Crippen LogP contribution in [0.2, 0.25) is 0 Å². The number of benzene rings is 1. The fraction of sp³-hybridized carbons (Fsp3) is 0.667. The minimum absolute atomic E-state index is 0.0619. The number of carbonyl (C=O) groups is 2. The molecule has 4 heteroatoms. The highest BCUT2D eigenvalue weighted by molar-refractivity contribution is 5.89. The number of nitrogens with one attached hydrogen (secondary N) is 1. The second-order valence-corrected chi connectivity index (χ2v) is 10.1. The van der Waals surface area contributed by atoms with Crippen LogP contribution in [-0.4, -0.2) is 28.9 Å². The van der Waals surface area contributed by atoms with Gasteiger partial charge in [0.15, 0.2) is 5.78 Å². The Morgan fingerprint density at radius 1 is 0.941 bits per heavy atom. The van der Waals surface area contributed by atoms with Crippen molar-refractivity contribution in [2.24, 2.45) is 5.92 Å². The van der Waals surface area contributed by atoms with Crippen molar-refractivity contribution >= 4 is 11.7 Å². The van der Waals surface area contributed by atoms with Gasteiger partial charge in [0.25, 0.3) is 0 Å². The van der Waals surface area contributed by atoms with Gasteiger partial charge >= 0.3 is 0 Å². The first-order valence-corrected chi connectivity index (χ1v) is 13.8. The second kappa shape index (κ2) is 16.6. The van der Waals surface area contributed by atoms with Crippen molar-refractivity contribution in [3.63, 3.8) is 0 Å². The lowest BCUT2D eigenvalue weighted by atomic mass is 9.85. The summed E-state index contributed by atoms with van der Waals surface area (Å²) in [5.41, 5.74) is -0.289. The molecular formula is C30H47NO3. The Morgan fingerprint density at radius 2 is 1.62 bits per heavy atom. The number of unbranched alkanes of at least 4 members (excludes halogenated alkanes) is 9. The van der Waals surface area contributed by atoms with Gasteiger partial charge in [-0.2, -0.15) is 0 Å². The number of amides is 1. The van der Waals surface area contributed by atoms with E-state index in [4.69, 9.17) is 0 Å². The SMILES string of the molecule is CCCCCC[C@@](O)(CC=CCCCCCCCCNC(=O)C1CC1)C(=O)Cc1ccccc1. The molecule has 4 nitrogen and oxygen atoms in total. The third-order valence-electron chi connectivity index (χ3n) is 6.84. The average molecular weight is 470 g/mol. The molecule has 1 saturated carbocycles. The molecule has 0 saturated heterocycles. The summed E-state index contributed by atoms with van der Waals surface area (Å²) in [5, 5.41) is 14.3. The van der Waals surface area contributed by atoms with Crippen molar-refractivity contribution in [1.82, 2.24) is 5.32 Å². The van der Waals surface area contributed by atoms with E-state index in [1.807, 2.05) is 36.4 Å². The summed E-state index contributed by atoms with van der Waals surface area (Å²) in [6.07, 6.45) is 19.8. The largest absolute Gasteiger partial charge is 0.382 e.